The average molecular weight is 196 g/mol. The number of methoxy groups -OCH3 is 2. The van der Waals surface area contributed by atoms with Crippen molar-refractivity contribution in [2.24, 2.45) is 17.3 Å². The molecule has 2 rings (SSSR count). The molecule has 4 nitrogen and oxygen atoms in total. The summed E-state index contributed by atoms with van der Waals surface area (Å²) in [5, 5.41) is 0. The van der Waals surface area contributed by atoms with Gasteiger partial charge in [-0.15, -0.1) is 0 Å². The third kappa shape index (κ3) is 0.832. The Morgan fingerprint density at radius 2 is 1.86 bits per heavy atom. The third-order valence-electron chi connectivity index (χ3n) is 3.21. The number of allylic oxidation sites excluding steroid dienone is 2. The molecule has 0 aromatic rings. The van der Waals surface area contributed by atoms with E-state index in [4.69, 9.17) is 0 Å². The van der Waals surface area contributed by atoms with Crippen LogP contribution in [0.4, 0.5) is 0 Å². The van der Waals surface area contributed by atoms with Crippen molar-refractivity contribution in [1.29, 1.82) is 0 Å². The van der Waals surface area contributed by atoms with E-state index < -0.39 is 17.4 Å². The van der Waals surface area contributed by atoms with E-state index in [0.717, 1.165) is 6.42 Å². The molecule has 2 atom stereocenters. The van der Waals surface area contributed by atoms with Gasteiger partial charge in [-0.25, -0.2) is 0 Å². The fraction of sp³-hybridized carbons (Fsp3) is 0.600. The number of carbonyl (C=O) groups excluding carboxylic acids is 2. The molecular formula is C10H12O4. The monoisotopic (exact) mass is 196 g/mol. The first-order valence-corrected chi connectivity index (χ1v) is 4.53. The maximum absolute atomic E-state index is 11.6. The van der Waals surface area contributed by atoms with Gasteiger partial charge in [-0.2, -0.15) is 0 Å². The number of rotatable bonds is 2. The first kappa shape index (κ1) is 9.24. The molecule has 4 heteroatoms. The highest BCUT2D eigenvalue weighted by atomic mass is 16.5. The van der Waals surface area contributed by atoms with Gasteiger partial charge in [0.2, 0.25) is 0 Å². The summed E-state index contributed by atoms with van der Waals surface area (Å²) in [6.07, 6.45) is 4.65. The summed E-state index contributed by atoms with van der Waals surface area (Å²) in [6.45, 7) is 0. The molecule has 0 radical (unpaired) electrons. The van der Waals surface area contributed by atoms with Crippen molar-refractivity contribution < 1.29 is 19.1 Å². The summed E-state index contributed by atoms with van der Waals surface area (Å²) in [5.41, 5.74) is -1.03. The highest BCUT2D eigenvalue weighted by Gasteiger charge is 2.76. The Hall–Kier alpha value is -1.32. The third-order valence-corrected chi connectivity index (χ3v) is 3.21. The Kier molecular flexibility index (Phi) is 1.87. The van der Waals surface area contributed by atoms with Crippen LogP contribution in [-0.2, 0) is 19.1 Å². The van der Waals surface area contributed by atoms with Crippen LogP contribution >= 0.6 is 0 Å². The van der Waals surface area contributed by atoms with Crippen LogP contribution in [-0.4, -0.2) is 26.2 Å². The summed E-state index contributed by atoms with van der Waals surface area (Å²) >= 11 is 0. The molecule has 0 N–H and O–H groups in total. The summed E-state index contributed by atoms with van der Waals surface area (Å²) in [7, 11) is 2.59. The van der Waals surface area contributed by atoms with E-state index in [1.54, 1.807) is 0 Å². The van der Waals surface area contributed by atoms with Gasteiger partial charge in [0.15, 0.2) is 5.41 Å². The SMILES string of the molecule is COC(=O)C1(C(=O)OC)C2C=CCC21. The summed E-state index contributed by atoms with van der Waals surface area (Å²) in [6, 6.07) is 0. The minimum absolute atomic E-state index is 0.0117. The van der Waals surface area contributed by atoms with Crippen LogP contribution < -0.4 is 0 Å². The summed E-state index contributed by atoms with van der Waals surface area (Å²) < 4.78 is 9.33. The molecule has 0 heterocycles. The van der Waals surface area contributed by atoms with E-state index in [2.05, 4.69) is 9.47 Å². The zero-order chi connectivity index (χ0) is 10.3. The zero-order valence-corrected chi connectivity index (χ0v) is 8.15. The van der Waals surface area contributed by atoms with Gasteiger partial charge in [0.1, 0.15) is 0 Å². The van der Waals surface area contributed by atoms with Crippen molar-refractivity contribution in [3.8, 4) is 0 Å². The molecule has 1 saturated carbocycles. The number of ether oxygens (including phenoxy) is 2. The van der Waals surface area contributed by atoms with Crippen LogP contribution in [0.3, 0.4) is 0 Å². The Morgan fingerprint density at radius 1 is 1.29 bits per heavy atom. The van der Waals surface area contributed by atoms with Crippen LogP contribution in [0.25, 0.3) is 0 Å². The first-order valence-electron chi connectivity index (χ1n) is 4.53. The van der Waals surface area contributed by atoms with Gasteiger partial charge in [-0.3, -0.25) is 9.59 Å². The van der Waals surface area contributed by atoms with E-state index in [9.17, 15) is 9.59 Å². The van der Waals surface area contributed by atoms with Crippen molar-refractivity contribution in [2.75, 3.05) is 14.2 Å². The smallest absolute Gasteiger partial charge is 0.324 e. The van der Waals surface area contributed by atoms with Crippen LogP contribution in [0.1, 0.15) is 6.42 Å². The van der Waals surface area contributed by atoms with Gasteiger partial charge in [0, 0.05) is 5.92 Å². The summed E-state index contributed by atoms with van der Waals surface area (Å²) in [5.74, 6) is -0.891. The standard InChI is InChI=1S/C10H12O4/c1-13-8(11)10(9(12)14-2)6-4-3-5-7(6)10/h3-4,6-7H,5H2,1-2H3. The van der Waals surface area contributed by atoms with Crippen LogP contribution in [0.5, 0.6) is 0 Å². The highest BCUT2D eigenvalue weighted by Crippen LogP contribution is 2.65. The summed E-state index contributed by atoms with van der Waals surface area (Å²) in [4.78, 5) is 23.1. The lowest BCUT2D eigenvalue weighted by Crippen LogP contribution is -2.32. The molecule has 14 heavy (non-hydrogen) atoms. The first-order chi connectivity index (χ1) is 6.69. The molecule has 0 aromatic carbocycles. The molecule has 0 aliphatic heterocycles. The van der Waals surface area contributed by atoms with Gasteiger partial charge in [-0.05, 0) is 12.3 Å². The Bertz CT molecular complexity index is 302. The number of carbonyl (C=O) groups is 2. The quantitative estimate of drug-likeness (QED) is 0.367. The lowest BCUT2D eigenvalue weighted by Gasteiger charge is -2.13. The fourth-order valence-electron chi connectivity index (χ4n) is 2.48. The van der Waals surface area contributed by atoms with Gasteiger partial charge < -0.3 is 9.47 Å². The second-order valence-electron chi connectivity index (χ2n) is 3.65. The molecule has 2 aliphatic rings. The van der Waals surface area contributed by atoms with Crippen LogP contribution in [0, 0.1) is 17.3 Å². The fourth-order valence-corrected chi connectivity index (χ4v) is 2.48. The molecule has 1 fully saturated rings. The maximum Gasteiger partial charge on any atom is 0.324 e. The normalized spacial score (nSPS) is 30.7. The molecule has 76 valence electrons. The largest absolute Gasteiger partial charge is 0.468 e. The number of fused-ring (bicyclic) bond motifs is 1. The predicted molar refractivity (Wildman–Crippen MR) is 47.2 cm³/mol. The lowest BCUT2D eigenvalue weighted by molar-refractivity contribution is -0.162. The number of hydrogen-bond donors (Lipinski definition) is 0. The van der Waals surface area contributed by atoms with E-state index in [-0.39, 0.29) is 11.8 Å². The van der Waals surface area contributed by atoms with Gasteiger partial charge in [-0.1, -0.05) is 12.2 Å². The average Bonchev–Trinajstić information content (AvgIpc) is 2.62. The molecule has 0 amide bonds. The second-order valence-corrected chi connectivity index (χ2v) is 3.65. The molecule has 0 bridgehead atoms. The maximum atomic E-state index is 11.6. The molecule has 0 aromatic heterocycles. The van der Waals surface area contributed by atoms with Gasteiger partial charge in [0.05, 0.1) is 14.2 Å². The minimum atomic E-state index is -1.03. The zero-order valence-electron chi connectivity index (χ0n) is 8.15. The predicted octanol–water partition coefficient (Wildman–Crippen LogP) is 0.525. The Morgan fingerprint density at radius 3 is 2.21 bits per heavy atom. The van der Waals surface area contributed by atoms with E-state index in [1.165, 1.54) is 14.2 Å². The number of hydrogen-bond acceptors (Lipinski definition) is 4. The molecule has 0 spiro atoms. The van der Waals surface area contributed by atoms with Crippen LogP contribution in [0.2, 0.25) is 0 Å². The van der Waals surface area contributed by atoms with Crippen molar-refractivity contribution >= 4 is 11.9 Å². The van der Waals surface area contributed by atoms with Crippen molar-refractivity contribution in [1.82, 2.24) is 0 Å². The van der Waals surface area contributed by atoms with Gasteiger partial charge >= 0.3 is 11.9 Å². The van der Waals surface area contributed by atoms with E-state index in [0.29, 0.717) is 0 Å². The lowest BCUT2D eigenvalue weighted by atomic mass is 9.99. The Labute approximate surface area is 81.9 Å². The highest BCUT2D eigenvalue weighted by molar-refractivity contribution is 6.05. The van der Waals surface area contributed by atoms with Gasteiger partial charge in [0.25, 0.3) is 0 Å². The van der Waals surface area contributed by atoms with E-state index in [1.807, 2.05) is 12.2 Å². The van der Waals surface area contributed by atoms with Crippen molar-refractivity contribution in [2.45, 2.75) is 6.42 Å². The van der Waals surface area contributed by atoms with Crippen molar-refractivity contribution in [3.05, 3.63) is 12.2 Å². The van der Waals surface area contributed by atoms with E-state index >= 15 is 0 Å². The van der Waals surface area contributed by atoms with Crippen molar-refractivity contribution in [3.63, 3.8) is 0 Å². The molecule has 0 saturated heterocycles. The molecular weight excluding hydrogens is 184 g/mol. The minimum Gasteiger partial charge on any atom is -0.468 e. The topological polar surface area (TPSA) is 52.6 Å². The second kappa shape index (κ2) is 2.83. The molecule has 2 unspecified atom stereocenters. The van der Waals surface area contributed by atoms with Crippen LogP contribution in [0.15, 0.2) is 12.2 Å². The Balaban J connectivity index is 2.29. The number of esters is 2. The molecule has 2 aliphatic carbocycles.